The van der Waals surface area contributed by atoms with Crippen LogP contribution in [0.1, 0.15) is 67.9 Å². The lowest BCUT2D eigenvalue weighted by Gasteiger charge is -2.44. The van der Waals surface area contributed by atoms with Gasteiger partial charge >= 0.3 is 0 Å². The van der Waals surface area contributed by atoms with Crippen molar-refractivity contribution >= 4 is 11.0 Å². The van der Waals surface area contributed by atoms with E-state index in [9.17, 15) is 0 Å². The molecular weight excluding hydrogens is 404 g/mol. The molecule has 2 bridgehead atoms. The standard InChI is InChI=1S/C29H38N4/c1-21-6-5-7-23(18-21)29(12-15-30-16-13-29)14-17-32-24-10-11-25(32)20-26(19-24)33-22(2)31-27-8-3-4-9-28(27)33/h3-9,18,24-26,30H,10-17,19-20H2,1-2H3/t24-,25+,26?. The first-order chi connectivity index (χ1) is 16.1. The Hall–Kier alpha value is -2.17. The fraction of sp³-hybridized carbons (Fsp3) is 0.552. The molecule has 1 unspecified atom stereocenters. The maximum Gasteiger partial charge on any atom is 0.106 e. The van der Waals surface area contributed by atoms with E-state index in [1.807, 2.05) is 0 Å². The van der Waals surface area contributed by atoms with Crippen LogP contribution in [0.3, 0.4) is 0 Å². The fourth-order valence-corrected chi connectivity index (χ4v) is 7.35. The van der Waals surface area contributed by atoms with E-state index in [1.54, 1.807) is 5.56 Å². The number of piperidine rings is 2. The van der Waals surface area contributed by atoms with Crippen molar-refractivity contribution in [2.24, 2.45) is 0 Å². The second-order valence-corrected chi connectivity index (χ2v) is 10.9. The molecular formula is C29H38N4. The van der Waals surface area contributed by atoms with Gasteiger partial charge in [-0.25, -0.2) is 4.98 Å². The zero-order valence-corrected chi connectivity index (χ0v) is 20.3. The van der Waals surface area contributed by atoms with Gasteiger partial charge in [0.2, 0.25) is 0 Å². The smallest absolute Gasteiger partial charge is 0.106 e. The highest BCUT2D eigenvalue weighted by Gasteiger charge is 2.43. The van der Waals surface area contributed by atoms with Crippen LogP contribution in [-0.2, 0) is 5.41 Å². The summed E-state index contributed by atoms with van der Waals surface area (Å²) in [4.78, 5) is 7.78. The fourth-order valence-electron chi connectivity index (χ4n) is 7.35. The van der Waals surface area contributed by atoms with Crippen molar-refractivity contribution in [2.75, 3.05) is 19.6 Å². The van der Waals surface area contributed by atoms with Crippen LogP contribution in [-0.4, -0.2) is 46.2 Å². The van der Waals surface area contributed by atoms with Crippen LogP contribution in [0.4, 0.5) is 0 Å². The molecule has 0 saturated carbocycles. The van der Waals surface area contributed by atoms with Crippen LogP contribution in [0, 0.1) is 13.8 Å². The highest BCUT2D eigenvalue weighted by atomic mass is 15.2. The molecule has 3 saturated heterocycles. The third kappa shape index (κ3) is 3.81. The lowest BCUT2D eigenvalue weighted by atomic mass is 9.70. The van der Waals surface area contributed by atoms with E-state index >= 15 is 0 Å². The van der Waals surface area contributed by atoms with Crippen molar-refractivity contribution in [2.45, 2.75) is 82.3 Å². The number of imidazole rings is 1. The van der Waals surface area contributed by atoms with E-state index in [0.29, 0.717) is 11.5 Å². The molecule has 4 nitrogen and oxygen atoms in total. The quantitative estimate of drug-likeness (QED) is 0.564. The molecule has 0 amide bonds. The van der Waals surface area contributed by atoms with E-state index in [-0.39, 0.29) is 0 Å². The maximum absolute atomic E-state index is 4.87. The summed E-state index contributed by atoms with van der Waals surface area (Å²) in [6, 6.07) is 20.1. The minimum Gasteiger partial charge on any atom is -0.325 e. The van der Waals surface area contributed by atoms with Crippen molar-refractivity contribution in [1.82, 2.24) is 19.8 Å². The van der Waals surface area contributed by atoms with E-state index < -0.39 is 0 Å². The second kappa shape index (κ2) is 8.56. The molecule has 33 heavy (non-hydrogen) atoms. The van der Waals surface area contributed by atoms with Gasteiger partial charge in [-0.15, -0.1) is 0 Å². The monoisotopic (exact) mass is 442 g/mol. The van der Waals surface area contributed by atoms with Crippen LogP contribution < -0.4 is 5.32 Å². The molecule has 3 aliphatic heterocycles. The predicted octanol–water partition coefficient (Wildman–Crippen LogP) is 5.53. The van der Waals surface area contributed by atoms with Crippen LogP contribution in [0.15, 0.2) is 48.5 Å². The molecule has 0 spiro atoms. The average Bonchev–Trinajstić information content (AvgIpc) is 3.29. The average molecular weight is 443 g/mol. The summed E-state index contributed by atoms with van der Waals surface area (Å²) in [5.41, 5.74) is 5.78. The van der Waals surface area contributed by atoms with Crippen molar-refractivity contribution < 1.29 is 0 Å². The largest absolute Gasteiger partial charge is 0.325 e. The van der Waals surface area contributed by atoms with Gasteiger partial charge < -0.3 is 9.88 Å². The molecule has 3 aliphatic rings. The molecule has 4 heteroatoms. The number of nitrogens with one attached hydrogen (secondary N) is 1. The first-order valence-electron chi connectivity index (χ1n) is 13.1. The van der Waals surface area contributed by atoms with Crippen LogP contribution in [0.5, 0.6) is 0 Å². The summed E-state index contributed by atoms with van der Waals surface area (Å²) in [6.07, 6.45) is 9.11. The molecule has 1 N–H and O–H groups in total. The lowest BCUT2D eigenvalue weighted by Crippen LogP contribution is -2.47. The number of aryl methyl sites for hydroxylation is 2. The summed E-state index contributed by atoms with van der Waals surface area (Å²) in [5, 5.41) is 3.61. The number of benzene rings is 2. The molecule has 2 aromatic carbocycles. The van der Waals surface area contributed by atoms with Gasteiger partial charge in [0.05, 0.1) is 11.0 Å². The van der Waals surface area contributed by atoms with Gasteiger partial charge in [0.25, 0.3) is 0 Å². The molecule has 1 aromatic heterocycles. The number of aromatic nitrogens is 2. The van der Waals surface area contributed by atoms with Gasteiger partial charge in [0.1, 0.15) is 5.82 Å². The molecule has 3 aromatic rings. The topological polar surface area (TPSA) is 33.1 Å². The van der Waals surface area contributed by atoms with E-state index in [0.717, 1.165) is 30.7 Å². The molecule has 0 aliphatic carbocycles. The number of nitrogens with zero attached hydrogens (tertiary/aromatic N) is 3. The first-order valence-corrected chi connectivity index (χ1v) is 13.1. The third-order valence-corrected chi connectivity index (χ3v) is 9.04. The van der Waals surface area contributed by atoms with Crippen molar-refractivity contribution in [3.8, 4) is 0 Å². The van der Waals surface area contributed by atoms with Crippen LogP contribution in [0.25, 0.3) is 11.0 Å². The van der Waals surface area contributed by atoms with Crippen molar-refractivity contribution in [1.29, 1.82) is 0 Å². The minimum atomic E-state index is 0.338. The minimum absolute atomic E-state index is 0.338. The van der Waals surface area contributed by atoms with Crippen molar-refractivity contribution in [3.63, 3.8) is 0 Å². The maximum atomic E-state index is 4.87. The molecule has 6 rings (SSSR count). The Kier molecular flexibility index (Phi) is 5.54. The Morgan fingerprint density at radius 2 is 1.70 bits per heavy atom. The summed E-state index contributed by atoms with van der Waals surface area (Å²) in [5.74, 6) is 1.18. The Morgan fingerprint density at radius 1 is 0.939 bits per heavy atom. The van der Waals surface area contributed by atoms with E-state index in [2.05, 4.69) is 77.2 Å². The Labute approximate surface area is 198 Å². The van der Waals surface area contributed by atoms with Crippen LogP contribution >= 0.6 is 0 Å². The predicted molar refractivity (Wildman–Crippen MR) is 136 cm³/mol. The highest BCUT2D eigenvalue weighted by molar-refractivity contribution is 5.76. The number of hydrogen-bond donors (Lipinski definition) is 1. The van der Waals surface area contributed by atoms with Gasteiger partial charge in [-0.1, -0.05) is 42.0 Å². The molecule has 174 valence electrons. The summed E-state index contributed by atoms with van der Waals surface area (Å²) >= 11 is 0. The van der Waals surface area contributed by atoms with Gasteiger partial charge in [-0.2, -0.15) is 0 Å². The van der Waals surface area contributed by atoms with Crippen LogP contribution in [0.2, 0.25) is 0 Å². The third-order valence-electron chi connectivity index (χ3n) is 9.04. The Morgan fingerprint density at radius 3 is 2.45 bits per heavy atom. The number of para-hydroxylation sites is 2. The van der Waals surface area contributed by atoms with E-state index in [4.69, 9.17) is 4.98 Å². The molecule has 3 atom stereocenters. The van der Waals surface area contributed by atoms with Gasteiger partial charge in [-0.05, 0) is 102 Å². The Balaban J connectivity index is 1.21. The van der Waals surface area contributed by atoms with Crippen molar-refractivity contribution in [3.05, 3.63) is 65.5 Å². The van der Waals surface area contributed by atoms with Gasteiger partial charge in [0.15, 0.2) is 0 Å². The number of fused-ring (bicyclic) bond motifs is 3. The zero-order valence-electron chi connectivity index (χ0n) is 20.3. The highest BCUT2D eigenvalue weighted by Crippen LogP contribution is 2.44. The number of rotatable bonds is 5. The molecule has 0 radical (unpaired) electrons. The first kappa shape index (κ1) is 21.4. The zero-order chi connectivity index (χ0) is 22.4. The normalized spacial score (nSPS) is 27.3. The SMILES string of the molecule is Cc1cccc(C2(CCN3[C@@H]4CC[C@H]3CC(n3c(C)nc5ccccc53)C4)CCNCC2)c1. The second-order valence-electron chi connectivity index (χ2n) is 10.9. The summed E-state index contributed by atoms with van der Waals surface area (Å²) in [7, 11) is 0. The summed E-state index contributed by atoms with van der Waals surface area (Å²) in [6.45, 7) is 7.98. The Bertz CT molecular complexity index is 1110. The van der Waals surface area contributed by atoms with E-state index in [1.165, 1.54) is 68.4 Å². The molecule has 4 heterocycles. The number of hydrogen-bond acceptors (Lipinski definition) is 3. The van der Waals surface area contributed by atoms with Gasteiger partial charge in [0, 0.05) is 18.1 Å². The summed E-state index contributed by atoms with van der Waals surface area (Å²) < 4.78 is 2.55. The molecule has 3 fully saturated rings. The lowest BCUT2D eigenvalue weighted by molar-refractivity contribution is 0.0929. The van der Waals surface area contributed by atoms with Gasteiger partial charge in [-0.3, -0.25) is 4.90 Å².